The quantitative estimate of drug-likeness (QED) is 0.823. The molecule has 0 amide bonds. The maximum Gasteiger partial charge on any atom is 0.134 e. The Morgan fingerprint density at radius 1 is 1.17 bits per heavy atom. The van der Waals surface area contributed by atoms with Gasteiger partial charge in [-0.1, -0.05) is 33.8 Å². The van der Waals surface area contributed by atoms with Crippen molar-refractivity contribution in [1.29, 1.82) is 5.41 Å². The first-order chi connectivity index (χ1) is 8.47. The molecule has 102 valence electrons. The molecule has 0 fully saturated rings. The summed E-state index contributed by atoms with van der Waals surface area (Å²) in [7, 11) is 0. The van der Waals surface area contributed by atoms with Crippen LogP contribution >= 0.6 is 0 Å². The third-order valence-corrected chi connectivity index (χ3v) is 2.27. The van der Waals surface area contributed by atoms with Crippen molar-refractivity contribution in [2.45, 2.75) is 54.5 Å². The summed E-state index contributed by atoms with van der Waals surface area (Å²) in [5.41, 5.74) is 2.02. The van der Waals surface area contributed by atoms with Gasteiger partial charge >= 0.3 is 0 Å². The fourth-order valence-corrected chi connectivity index (χ4v) is 1.30. The van der Waals surface area contributed by atoms with Crippen LogP contribution in [0.5, 0.6) is 0 Å². The molecular formula is C14H26N4. The highest BCUT2D eigenvalue weighted by atomic mass is 15.5. The van der Waals surface area contributed by atoms with Crippen molar-refractivity contribution in [2.24, 2.45) is 5.92 Å². The van der Waals surface area contributed by atoms with Crippen LogP contribution in [0.4, 0.5) is 0 Å². The standard InChI is InChI=1S/C12H20N4.C2H6/c1-6-7-10-12(11(13)8(2)3)15-16(14-10)9(4)5;1-2/h6-9,13H,1-5H3;1-2H3/b7-6-,13-11?;. The molecule has 18 heavy (non-hydrogen) atoms. The zero-order valence-corrected chi connectivity index (χ0v) is 12.7. The van der Waals surface area contributed by atoms with E-state index >= 15 is 0 Å². The number of nitrogens with one attached hydrogen (secondary N) is 1. The smallest absolute Gasteiger partial charge is 0.134 e. The third-order valence-electron chi connectivity index (χ3n) is 2.27. The summed E-state index contributed by atoms with van der Waals surface area (Å²) in [6.45, 7) is 14.0. The molecule has 1 N–H and O–H groups in total. The van der Waals surface area contributed by atoms with Crippen molar-refractivity contribution in [3.63, 3.8) is 0 Å². The van der Waals surface area contributed by atoms with Crippen LogP contribution in [0.2, 0.25) is 0 Å². The Kier molecular flexibility index (Phi) is 7.17. The Bertz CT molecular complexity index is 400. The summed E-state index contributed by atoms with van der Waals surface area (Å²) >= 11 is 0. The van der Waals surface area contributed by atoms with Crippen LogP contribution in [0.25, 0.3) is 6.08 Å². The van der Waals surface area contributed by atoms with Gasteiger partial charge in [0, 0.05) is 0 Å². The van der Waals surface area contributed by atoms with Crippen molar-refractivity contribution in [2.75, 3.05) is 0 Å². The maximum absolute atomic E-state index is 8.01. The fraction of sp³-hybridized carbons (Fsp3) is 0.643. The summed E-state index contributed by atoms with van der Waals surface area (Å²) in [5, 5.41) is 16.8. The lowest BCUT2D eigenvalue weighted by Crippen LogP contribution is -2.11. The lowest BCUT2D eigenvalue weighted by Gasteiger charge is -2.04. The Balaban J connectivity index is 0.00000137. The molecule has 0 aliphatic rings. The number of aromatic nitrogens is 3. The van der Waals surface area contributed by atoms with E-state index < -0.39 is 0 Å². The molecule has 0 aliphatic carbocycles. The first-order valence-electron chi connectivity index (χ1n) is 6.65. The molecule has 0 aromatic carbocycles. The van der Waals surface area contributed by atoms with E-state index in [-0.39, 0.29) is 12.0 Å². The molecule has 0 aliphatic heterocycles. The van der Waals surface area contributed by atoms with E-state index in [2.05, 4.69) is 10.2 Å². The van der Waals surface area contributed by atoms with E-state index in [9.17, 15) is 0 Å². The van der Waals surface area contributed by atoms with Gasteiger partial charge in [0.1, 0.15) is 11.4 Å². The van der Waals surface area contributed by atoms with Gasteiger partial charge in [-0.2, -0.15) is 15.0 Å². The van der Waals surface area contributed by atoms with E-state index in [4.69, 9.17) is 5.41 Å². The Hall–Kier alpha value is -1.45. The molecule has 0 radical (unpaired) electrons. The predicted octanol–water partition coefficient (Wildman–Crippen LogP) is 3.94. The van der Waals surface area contributed by atoms with E-state index in [1.54, 1.807) is 4.80 Å². The van der Waals surface area contributed by atoms with E-state index in [0.717, 1.165) is 5.69 Å². The van der Waals surface area contributed by atoms with Gasteiger partial charge in [-0.15, -0.1) is 0 Å². The van der Waals surface area contributed by atoms with Gasteiger partial charge < -0.3 is 5.41 Å². The second kappa shape index (κ2) is 7.80. The van der Waals surface area contributed by atoms with Gasteiger partial charge in [-0.3, -0.25) is 0 Å². The minimum atomic E-state index is 0.168. The van der Waals surface area contributed by atoms with Crippen LogP contribution < -0.4 is 0 Å². The number of hydrogen-bond acceptors (Lipinski definition) is 3. The largest absolute Gasteiger partial charge is 0.303 e. The van der Waals surface area contributed by atoms with Crippen molar-refractivity contribution >= 4 is 11.8 Å². The highest BCUT2D eigenvalue weighted by Crippen LogP contribution is 2.13. The summed E-state index contributed by atoms with van der Waals surface area (Å²) in [5.74, 6) is 0.168. The molecule has 4 heteroatoms. The lowest BCUT2D eigenvalue weighted by molar-refractivity contribution is 0.465. The lowest BCUT2D eigenvalue weighted by atomic mass is 10.0. The summed E-state index contributed by atoms with van der Waals surface area (Å²) in [6.07, 6.45) is 3.82. The molecule has 1 aromatic heterocycles. The number of nitrogens with zero attached hydrogens (tertiary/aromatic N) is 3. The second-order valence-corrected chi connectivity index (χ2v) is 4.42. The first-order valence-corrected chi connectivity index (χ1v) is 6.65. The molecule has 0 saturated carbocycles. The zero-order valence-electron chi connectivity index (χ0n) is 12.7. The van der Waals surface area contributed by atoms with Crippen LogP contribution in [0, 0.1) is 11.3 Å². The molecule has 0 bridgehead atoms. The van der Waals surface area contributed by atoms with Gasteiger partial charge in [0.05, 0.1) is 11.8 Å². The topological polar surface area (TPSA) is 54.6 Å². The SMILES string of the molecule is C/C=C\c1nn(C(C)C)nc1C(=N)C(C)C.CC. The normalized spacial score (nSPS) is 10.9. The first kappa shape index (κ1) is 16.6. The highest BCUT2D eigenvalue weighted by Gasteiger charge is 2.16. The molecule has 0 unspecified atom stereocenters. The predicted molar refractivity (Wildman–Crippen MR) is 78.1 cm³/mol. The summed E-state index contributed by atoms with van der Waals surface area (Å²) in [4.78, 5) is 1.67. The average molecular weight is 250 g/mol. The molecule has 0 spiro atoms. The monoisotopic (exact) mass is 250 g/mol. The molecule has 4 nitrogen and oxygen atoms in total. The van der Waals surface area contributed by atoms with E-state index in [1.165, 1.54) is 0 Å². The van der Waals surface area contributed by atoms with E-state index in [0.29, 0.717) is 11.4 Å². The summed E-state index contributed by atoms with van der Waals surface area (Å²) in [6, 6.07) is 0.220. The van der Waals surface area contributed by atoms with Gasteiger partial charge in [0.2, 0.25) is 0 Å². The summed E-state index contributed by atoms with van der Waals surface area (Å²) < 4.78 is 0. The van der Waals surface area contributed by atoms with Crippen LogP contribution in [0.15, 0.2) is 6.08 Å². The molecule has 1 aromatic rings. The number of hydrogen-bond donors (Lipinski definition) is 1. The Morgan fingerprint density at radius 3 is 2.11 bits per heavy atom. The van der Waals surface area contributed by atoms with Gasteiger partial charge in [-0.25, -0.2) is 0 Å². The minimum Gasteiger partial charge on any atom is -0.303 e. The molecule has 1 rings (SSSR count). The molecule has 0 saturated heterocycles. The second-order valence-electron chi connectivity index (χ2n) is 4.42. The number of allylic oxidation sites excluding steroid dienone is 1. The molecular weight excluding hydrogens is 224 g/mol. The van der Waals surface area contributed by atoms with Gasteiger partial charge in [0.25, 0.3) is 0 Å². The van der Waals surface area contributed by atoms with Crippen LogP contribution in [0.3, 0.4) is 0 Å². The van der Waals surface area contributed by atoms with Crippen LogP contribution in [-0.4, -0.2) is 20.7 Å². The van der Waals surface area contributed by atoms with Crippen LogP contribution in [-0.2, 0) is 0 Å². The maximum atomic E-state index is 8.01. The van der Waals surface area contributed by atoms with Gasteiger partial charge in [0.15, 0.2) is 0 Å². The van der Waals surface area contributed by atoms with Crippen LogP contribution in [0.1, 0.15) is 65.9 Å². The van der Waals surface area contributed by atoms with Crippen molar-refractivity contribution in [3.8, 4) is 0 Å². The third kappa shape index (κ3) is 4.09. The molecule has 1 heterocycles. The fourth-order valence-electron chi connectivity index (χ4n) is 1.30. The molecule has 0 atom stereocenters. The van der Waals surface area contributed by atoms with Crippen molar-refractivity contribution in [1.82, 2.24) is 15.0 Å². The van der Waals surface area contributed by atoms with Crippen molar-refractivity contribution < 1.29 is 0 Å². The Labute approximate surface area is 111 Å². The Morgan fingerprint density at radius 2 is 1.72 bits per heavy atom. The number of rotatable bonds is 4. The highest BCUT2D eigenvalue weighted by molar-refractivity contribution is 6.00. The zero-order chi connectivity index (χ0) is 14.3. The van der Waals surface area contributed by atoms with Gasteiger partial charge in [-0.05, 0) is 32.8 Å². The average Bonchev–Trinajstić information content (AvgIpc) is 2.75. The van der Waals surface area contributed by atoms with Crippen molar-refractivity contribution in [3.05, 3.63) is 17.5 Å². The van der Waals surface area contributed by atoms with E-state index in [1.807, 2.05) is 60.6 Å². The minimum absolute atomic E-state index is 0.168.